The Morgan fingerprint density at radius 2 is 2.44 bits per heavy atom. The number of aromatic nitrogens is 2. The second-order valence-corrected chi connectivity index (χ2v) is 2.49. The fourth-order valence-electron chi connectivity index (χ4n) is 0.621. The van der Waals surface area contributed by atoms with Crippen LogP contribution in [0.4, 0.5) is 0 Å². The van der Waals surface area contributed by atoms with Crippen LogP contribution in [0.5, 0.6) is 0 Å². The molecule has 0 amide bonds. The molecule has 0 saturated heterocycles. The maximum atomic E-state index is 10.7. The average Bonchev–Trinajstić information content (AvgIpc) is 2.15. The van der Waals surface area contributed by atoms with E-state index in [1.165, 1.54) is 0 Å². The first-order valence-electron chi connectivity index (χ1n) is 2.77. The molecule has 0 N–H and O–H groups in total. The van der Waals surface area contributed by atoms with Gasteiger partial charge >= 0.3 is 4.87 Å². The molecular formula is C5H8N2OS. The van der Waals surface area contributed by atoms with Crippen molar-refractivity contribution in [2.45, 2.75) is 13.3 Å². The Kier molecular flexibility index (Phi) is 1.66. The third kappa shape index (κ3) is 1.03. The molecule has 0 atom stereocenters. The molecule has 1 rings (SSSR count). The van der Waals surface area contributed by atoms with Crippen LogP contribution in [0.1, 0.15) is 12.7 Å². The van der Waals surface area contributed by atoms with Gasteiger partial charge in [0.05, 0.1) is 0 Å². The molecule has 0 fully saturated rings. The van der Waals surface area contributed by atoms with Gasteiger partial charge in [-0.2, -0.15) is 4.37 Å². The molecule has 0 unspecified atom stereocenters. The predicted molar refractivity (Wildman–Crippen MR) is 36.7 cm³/mol. The highest BCUT2D eigenvalue weighted by molar-refractivity contribution is 7.02. The van der Waals surface area contributed by atoms with Gasteiger partial charge in [-0.25, -0.2) is 0 Å². The highest BCUT2D eigenvalue weighted by Crippen LogP contribution is 1.91. The monoisotopic (exact) mass is 144 g/mol. The van der Waals surface area contributed by atoms with E-state index in [2.05, 4.69) is 4.37 Å². The summed E-state index contributed by atoms with van der Waals surface area (Å²) in [7, 11) is 1.74. The molecule has 0 aliphatic carbocycles. The predicted octanol–water partition coefficient (Wildman–Crippen LogP) is 0.404. The molecule has 1 aromatic heterocycles. The highest BCUT2D eigenvalue weighted by atomic mass is 32.1. The minimum absolute atomic E-state index is 0.0202. The lowest BCUT2D eigenvalue weighted by Crippen LogP contribution is -2.10. The molecular weight excluding hydrogens is 136 g/mol. The Balaban J connectivity index is 3.20. The van der Waals surface area contributed by atoms with Gasteiger partial charge in [-0.05, 0) is 0 Å². The van der Waals surface area contributed by atoms with Crippen LogP contribution in [0.15, 0.2) is 4.79 Å². The molecule has 3 nitrogen and oxygen atoms in total. The minimum Gasteiger partial charge on any atom is -0.289 e. The first-order chi connectivity index (χ1) is 4.25. The lowest BCUT2D eigenvalue weighted by atomic mass is 10.5. The van der Waals surface area contributed by atoms with Crippen LogP contribution < -0.4 is 4.87 Å². The van der Waals surface area contributed by atoms with Crippen molar-refractivity contribution in [3.8, 4) is 0 Å². The first kappa shape index (κ1) is 6.48. The van der Waals surface area contributed by atoms with Gasteiger partial charge in [-0.3, -0.25) is 9.36 Å². The molecule has 0 aliphatic heterocycles. The van der Waals surface area contributed by atoms with Crippen molar-refractivity contribution >= 4 is 11.5 Å². The van der Waals surface area contributed by atoms with Crippen molar-refractivity contribution in [1.82, 2.24) is 8.94 Å². The Morgan fingerprint density at radius 1 is 1.78 bits per heavy atom. The molecule has 50 valence electrons. The van der Waals surface area contributed by atoms with E-state index < -0.39 is 0 Å². The lowest BCUT2D eigenvalue weighted by molar-refractivity contribution is 0.786. The van der Waals surface area contributed by atoms with Crippen molar-refractivity contribution < 1.29 is 0 Å². The third-order valence-corrected chi connectivity index (χ3v) is 1.94. The minimum atomic E-state index is 0.0202. The van der Waals surface area contributed by atoms with E-state index in [0.29, 0.717) is 0 Å². The van der Waals surface area contributed by atoms with Crippen LogP contribution in [0.25, 0.3) is 0 Å². The smallest absolute Gasteiger partial charge is 0.289 e. The fraction of sp³-hybridized carbons (Fsp3) is 0.600. The molecule has 0 radical (unpaired) electrons. The molecule has 0 aliphatic rings. The van der Waals surface area contributed by atoms with E-state index in [9.17, 15) is 4.79 Å². The maximum Gasteiger partial charge on any atom is 0.325 e. The zero-order valence-electron chi connectivity index (χ0n) is 5.42. The summed E-state index contributed by atoms with van der Waals surface area (Å²) in [6, 6.07) is 0. The van der Waals surface area contributed by atoms with E-state index in [1.807, 2.05) is 6.92 Å². The van der Waals surface area contributed by atoms with E-state index >= 15 is 0 Å². The van der Waals surface area contributed by atoms with E-state index in [1.54, 1.807) is 11.6 Å². The van der Waals surface area contributed by atoms with Crippen LogP contribution in [0, 0.1) is 0 Å². The van der Waals surface area contributed by atoms with Crippen LogP contribution in [-0.4, -0.2) is 8.94 Å². The van der Waals surface area contributed by atoms with Crippen LogP contribution in [-0.2, 0) is 13.5 Å². The zero-order valence-corrected chi connectivity index (χ0v) is 6.23. The van der Waals surface area contributed by atoms with Crippen molar-refractivity contribution in [2.75, 3.05) is 0 Å². The summed E-state index contributed by atoms with van der Waals surface area (Å²) in [6.07, 6.45) is 0.829. The number of hydrogen-bond donors (Lipinski definition) is 0. The molecule has 0 aromatic carbocycles. The lowest BCUT2D eigenvalue weighted by Gasteiger charge is -1.90. The maximum absolute atomic E-state index is 10.7. The summed E-state index contributed by atoms with van der Waals surface area (Å²) in [5.74, 6) is 0.866. The largest absolute Gasteiger partial charge is 0.325 e. The quantitative estimate of drug-likeness (QED) is 0.572. The Hall–Kier alpha value is -0.640. The van der Waals surface area contributed by atoms with Gasteiger partial charge in [0.2, 0.25) is 0 Å². The summed E-state index contributed by atoms with van der Waals surface area (Å²) in [5.41, 5.74) is 0. The summed E-state index contributed by atoms with van der Waals surface area (Å²) < 4.78 is 5.50. The van der Waals surface area contributed by atoms with Gasteiger partial charge in [0, 0.05) is 25.0 Å². The van der Waals surface area contributed by atoms with Gasteiger partial charge in [0.15, 0.2) is 0 Å². The van der Waals surface area contributed by atoms with Gasteiger partial charge in [-0.1, -0.05) is 6.92 Å². The number of aryl methyl sites for hydroxylation is 1. The van der Waals surface area contributed by atoms with Gasteiger partial charge in [0.1, 0.15) is 5.82 Å². The second-order valence-electron chi connectivity index (χ2n) is 1.78. The summed E-state index contributed by atoms with van der Waals surface area (Å²) in [4.78, 5) is 10.7. The average molecular weight is 144 g/mol. The molecule has 1 heterocycles. The van der Waals surface area contributed by atoms with E-state index in [-0.39, 0.29) is 4.87 Å². The summed E-state index contributed by atoms with van der Waals surface area (Å²) in [6.45, 7) is 1.98. The number of rotatable bonds is 1. The Labute approximate surface area is 57.1 Å². The fourth-order valence-corrected chi connectivity index (χ4v) is 1.28. The highest BCUT2D eigenvalue weighted by Gasteiger charge is 1.99. The second kappa shape index (κ2) is 2.31. The van der Waals surface area contributed by atoms with Crippen molar-refractivity contribution in [3.63, 3.8) is 0 Å². The zero-order chi connectivity index (χ0) is 6.85. The molecule has 4 heteroatoms. The Bertz CT molecular complexity index is 250. The molecule has 0 saturated carbocycles. The van der Waals surface area contributed by atoms with Gasteiger partial charge < -0.3 is 0 Å². The van der Waals surface area contributed by atoms with E-state index in [0.717, 1.165) is 23.8 Å². The van der Waals surface area contributed by atoms with E-state index in [4.69, 9.17) is 0 Å². The van der Waals surface area contributed by atoms with Crippen molar-refractivity contribution in [1.29, 1.82) is 0 Å². The molecule has 0 bridgehead atoms. The van der Waals surface area contributed by atoms with Crippen LogP contribution in [0.2, 0.25) is 0 Å². The standard InChI is InChI=1S/C5H8N2OS/c1-3-4-6-9-5(8)7(4)2/h3H2,1-2H3. The normalized spacial score (nSPS) is 10.0. The van der Waals surface area contributed by atoms with Crippen LogP contribution >= 0.6 is 11.5 Å². The van der Waals surface area contributed by atoms with Gasteiger partial charge in [0.25, 0.3) is 0 Å². The topological polar surface area (TPSA) is 34.9 Å². The summed E-state index contributed by atoms with van der Waals surface area (Å²) in [5, 5.41) is 0. The third-order valence-electron chi connectivity index (χ3n) is 1.21. The number of hydrogen-bond acceptors (Lipinski definition) is 3. The van der Waals surface area contributed by atoms with Crippen molar-refractivity contribution in [2.24, 2.45) is 7.05 Å². The van der Waals surface area contributed by atoms with Crippen molar-refractivity contribution in [3.05, 3.63) is 15.5 Å². The molecule has 0 spiro atoms. The number of nitrogens with zero attached hydrogens (tertiary/aromatic N) is 2. The molecule has 9 heavy (non-hydrogen) atoms. The van der Waals surface area contributed by atoms with Gasteiger partial charge in [-0.15, -0.1) is 0 Å². The van der Waals surface area contributed by atoms with Crippen LogP contribution in [0.3, 0.4) is 0 Å². The Morgan fingerprint density at radius 3 is 2.67 bits per heavy atom. The first-order valence-corrected chi connectivity index (χ1v) is 3.54. The SMILES string of the molecule is CCc1nsc(=O)n1C. The molecule has 1 aromatic rings. The summed E-state index contributed by atoms with van der Waals surface area (Å²) >= 11 is 1.01.